The molecule has 0 aromatic heterocycles. The molecule has 0 aliphatic heterocycles. The van der Waals surface area contributed by atoms with Crippen LogP contribution in [0.4, 0.5) is 0 Å². The molecule has 0 heterocycles. The third kappa shape index (κ3) is 3.65. The lowest BCUT2D eigenvalue weighted by Crippen LogP contribution is -2.24. The van der Waals surface area contributed by atoms with E-state index in [1.807, 2.05) is 18.2 Å². The summed E-state index contributed by atoms with van der Waals surface area (Å²) in [6.07, 6.45) is -0.243. The van der Waals surface area contributed by atoms with Crippen LogP contribution in [0, 0.1) is 0 Å². The Kier molecular flexibility index (Phi) is 4.39. The van der Waals surface area contributed by atoms with E-state index in [1.165, 1.54) is 0 Å². The minimum atomic E-state index is -0.872. The fourth-order valence-corrected chi connectivity index (χ4v) is 1.03. The highest BCUT2D eigenvalue weighted by atomic mass is 16.7. The van der Waals surface area contributed by atoms with Crippen molar-refractivity contribution in [3.05, 3.63) is 42.7 Å². The normalized spacial score (nSPS) is 11.6. The zero-order valence-corrected chi connectivity index (χ0v) is 9.05. The van der Waals surface area contributed by atoms with E-state index in [-0.39, 0.29) is 0 Å². The topological polar surface area (TPSA) is 55.8 Å². The maximum Gasteiger partial charge on any atom is 0.375 e. The number of hydrogen-bond acceptors (Lipinski definition) is 4. The Morgan fingerprint density at radius 2 is 2.06 bits per heavy atom. The summed E-state index contributed by atoms with van der Waals surface area (Å²) >= 11 is 0. The van der Waals surface area contributed by atoms with Gasteiger partial charge >= 0.3 is 5.97 Å². The molecular weight excluding hydrogens is 208 g/mol. The first-order valence-corrected chi connectivity index (χ1v) is 4.94. The van der Waals surface area contributed by atoms with Gasteiger partial charge in [0, 0.05) is 6.42 Å². The number of esters is 1. The molecule has 86 valence electrons. The van der Waals surface area contributed by atoms with Crippen LogP contribution in [0.3, 0.4) is 0 Å². The quantitative estimate of drug-likeness (QED) is 0.360. The molecule has 0 radical (unpaired) electrons. The smallest absolute Gasteiger partial charge is 0.375 e. The maximum absolute atomic E-state index is 11.1. The largest absolute Gasteiger partial charge is 0.502 e. The van der Waals surface area contributed by atoms with Crippen molar-refractivity contribution in [3.8, 4) is 5.75 Å². The van der Waals surface area contributed by atoms with Crippen molar-refractivity contribution in [2.75, 3.05) is 0 Å². The number of hydrogen-bond donors (Lipinski definition) is 1. The van der Waals surface area contributed by atoms with Crippen LogP contribution in [-0.4, -0.2) is 17.4 Å². The van der Waals surface area contributed by atoms with Gasteiger partial charge < -0.3 is 14.6 Å². The molecular formula is C12H14O4. The van der Waals surface area contributed by atoms with Crippen molar-refractivity contribution in [2.45, 2.75) is 19.6 Å². The van der Waals surface area contributed by atoms with Gasteiger partial charge in [-0.2, -0.15) is 0 Å². The number of aliphatic hydroxyl groups is 1. The summed E-state index contributed by atoms with van der Waals surface area (Å²) in [6, 6.07) is 8.99. The van der Waals surface area contributed by atoms with E-state index in [2.05, 4.69) is 6.58 Å². The molecule has 1 aromatic rings. The summed E-state index contributed by atoms with van der Waals surface area (Å²) in [4.78, 5) is 11.1. The second-order valence-electron chi connectivity index (χ2n) is 3.12. The van der Waals surface area contributed by atoms with Crippen LogP contribution in [0.5, 0.6) is 5.75 Å². The van der Waals surface area contributed by atoms with Gasteiger partial charge in [0.1, 0.15) is 5.75 Å². The lowest BCUT2D eigenvalue weighted by molar-refractivity contribution is -0.162. The van der Waals surface area contributed by atoms with Gasteiger partial charge in [0.05, 0.1) is 0 Å². The van der Waals surface area contributed by atoms with Crippen LogP contribution < -0.4 is 4.74 Å². The Morgan fingerprint density at radius 1 is 1.44 bits per heavy atom. The van der Waals surface area contributed by atoms with Gasteiger partial charge in [-0.3, -0.25) is 0 Å². The van der Waals surface area contributed by atoms with Crippen molar-refractivity contribution >= 4 is 5.97 Å². The molecule has 4 heteroatoms. The molecule has 4 nitrogen and oxygen atoms in total. The molecule has 0 amide bonds. The second kappa shape index (κ2) is 5.80. The first-order valence-electron chi connectivity index (χ1n) is 4.94. The minimum Gasteiger partial charge on any atom is -0.502 e. The molecule has 0 fully saturated rings. The van der Waals surface area contributed by atoms with Gasteiger partial charge in [0.25, 0.3) is 0 Å². The van der Waals surface area contributed by atoms with E-state index < -0.39 is 18.0 Å². The van der Waals surface area contributed by atoms with Crippen molar-refractivity contribution in [3.63, 3.8) is 0 Å². The Bertz CT molecular complexity index is 359. The predicted octanol–water partition coefficient (Wildman–Crippen LogP) is 2.42. The lowest BCUT2D eigenvalue weighted by atomic mass is 10.3. The standard InChI is InChI=1S/C12H14O4/c1-3-11(16-12(14)9(2)13)15-10-7-5-4-6-8-10/h4-8,11,13H,2-3H2,1H3. The van der Waals surface area contributed by atoms with Crippen LogP contribution in [0.2, 0.25) is 0 Å². The monoisotopic (exact) mass is 222 g/mol. The van der Waals surface area contributed by atoms with Crippen LogP contribution in [0.1, 0.15) is 13.3 Å². The van der Waals surface area contributed by atoms with E-state index in [4.69, 9.17) is 14.6 Å². The summed E-state index contributed by atoms with van der Waals surface area (Å²) in [5.41, 5.74) is 0. The van der Waals surface area contributed by atoms with Gasteiger partial charge in [0.15, 0.2) is 5.76 Å². The van der Waals surface area contributed by atoms with Crippen molar-refractivity contribution in [1.29, 1.82) is 0 Å². The maximum atomic E-state index is 11.1. The zero-order valence-electron chi connectivity index (χ0n) is 9.05. The summed E-state index contributed by atoms with van der Waals surface area (Å²) < 4.78 is 10.2. The van der Waals surface area contributed by atoms with E-state index >= 15 is 0 Å². The molecule has 16 heavy (non-hydrogen) atoms. The fraction of sp³-hybridized carbons (Fsp3) is 0.250. The Morgan fingerprint density at radius 3 is 2.56 bits per heavy atom. The molecule has 0 aliphatic rings. The predicted molar refractivity (Wildman–Crippen MR) is 59.0 cm³/mol. The van der Waals surface area contributed by atoms with Gasteiger partial charge in [-0.15, -0.1) is 0 Å². The molecule has 0 saturated heterocycles. The van der Waals surface area contributed by atoms with E-state index in [9.17, 15) is 4.79 Å². The number of aliphatic hydroxyl groups excluding tert-OH is 1. The number of para-hydroxylation sites is 1. The first-order chi connectivity index (χ1) is 7.63. The van der Waals surface area contributed by atoms with Crippen molar-refractivity contribution in [2.24, 2.45) is 0 Å². The van der Waals surface area contributed by atoms with Gasteiger partial charge in [0.2, 0.25) is 6.29 Å². The number of rotatable bonds is 5. The Hall–Kier alpha value is -1.97. The number of carbonyl (C=O) groups excluding carboxylic acids is 1. The van der Waals surface area contributed by atoms with Crippen LogP contribution >= 0.6 is 0 Å². The van der Waals surface area contributed by atoms with E-state index in [1.54, 1.807) is 19.1 Å². The molecule has 0 spiro atoms. The molecule has 1 N–H and O–H groups in total. The number of benzene rings is 1. The molecule has 0 saturated carbocycles. The van der Waals surface area contributed by atoms with Gasteiger partial charge in [-0.25, -0.2) is 4.79 Å². The summed E-state index contributed by atoms with van der Waals surface area (Å²) in [5, 5.41) is 8.81. The average molecular weight is 222 g/mol. The minimum absolute atomic E-state index is 0.480. The van der Waals surface area contributed by atoms with Crippen LogP contribution in [0.25, 0.3) is 0 Å². The van der Waals surface area contributed by atoms with Crippen LogP contribution in [0.15, 0.2) is 42.7 Å². The molecule has 0 aliphatic carbocycles. The number of carbonyl (C=O) groups is 1. The molecule has 1 unspecified atom stereocenters. The first kappa shape index (κ1) is 12.1. The zero-order chi connectivity index (χ0) is 12.0. The average Bonchev–Trinajstić information content (AvgIpc) is 2.29. The summed E-state index contributed by atoms with van der Waals surface area (Å²) in [6.45, 7) is 4.88. The highest BCUT2D eigenvalue weighted by Crippen LogP contribution is 2.13. The fourth-order valence-electron chi connectivity index (χ4n) is 1.03. The highest BCUT2D eigenvalue weighted by Gasteiger charge is 2.15. The van der Waals surface area contributed by atoms with Gasteiger partial charge in [-0.1, -0.05) is 25.1 Å². The summed E-state index contributed by atoms with van der Waals surface area (Å²) in [5.74, 6) is -0.899. The van der Waals surface area contributed by atoms with E-state index in [0.29, 0.717) is 12.2 Å². The molecule has 1 aromatic carbocycles. The van der Waals surface area contributed by atoms with Crippen molar-refractivity contribution in [1.82, 2.24) is 0 Å². The molecule has 1 atom stereocenters. The van der Waals surface area contributed by atoms with Crippen molar-refractivity contribution < 1.29 is 19.4 Å². The summed E-state index contributed by atoms with van der Waals surface area (Å²) in [7, 11) is 0. The second-order valence-corrected chi connectivity index (χ2v) is 3.12. The third-order valence-electron chi connectivity index (χ3n) is 1.82. The lowest BCUT2D eigenvalue weighted by Gasteiger charge is -2.17. The van der Waals surface area contributed by atoms with E-state index in [0.717, 1.165) is 0 Å². The molecule has 1 rings (SSSR count). The third-order valence-corrected chi connectivity index (χ3v) is 1.82. The SMILES string of the molecule is C=C(O)C(=O)OC(CC)Oc1ccccc1. The van der Waals surface area contributed by atoms with Gasteiger partial charge in [-0.05, 0) is 18.7 Å². The Labute approximate surface area is 94.1 Å². The van der Waals surface area contributed by atoms with Crippen LogP contribution in [-0.2, 0) is 9.53 Å². The number of ether oxygens (including phenoxy) is 2. The Balaban J connectivity index is 2.56. The highest BCUT2D eigenvalue weighted by molar-refractivity contribution is 5.84. The molecule has 0 bridgehead atoms.